The Balaban J connectivity index is 1.48. The molecule has 0 spiro atoms. The van der Waals surface area contributed by atoms with Gasteiger partial charge in [0.1, 0.15) is 19.0 Å². The summed E-state index contributed by atoms with van der Waals surface area (Å²) in [5.74, 6) is -0.140. The molecule has 1 aliphatic rings. The van der Waals surface area contributed by atoms with Crippen molar-refractivity contribution in [2.75, 3.05) is 46.6 Å². The predicted molar refractivity (Wildman–Crippen MR) is 133 cm³/mol. The fourth-order valence-electron chi connectivity index (χ4n) is 4.11. The molecule has 10 heteroatoms. The second-order valence-corrected chi connectivity index (χ2v) is 8.64. The highest BCUT2D eigenvalue weighted by Gasteiger charge is 2.23. The largest absolute Gasteiger partial charge is 0.497 e. The molecule has 0 N–H and O–H groups in total. The minimum Gasteiger partial charge on any atom is -0.497 e. The summed E-state index contributed by atoms with van der Waals surface area (Å²) in [6, 6.07) is 12.0. The van der Waals surface area contributed by atoms with Crippen molar-refractivity contribution in [3.05, 3.63) is 64.3 Å². The van der Waals surface area contributed by atoms with Gasteiger partial charge in [0, 0.05) is 34.8 Å². The highest BCUT2D eigenvalue weighted by molar-refractivity contribution is 6.30. The Hall–Kier alpha value is -3.56. The van der Waals surface area contributed by atoms with Gasteiger partial charge in [-0.25, -0.2) is 4.79 Å². The van der Waals surface area contributed by atoms with Gasteiger partial charge >= 0.3 is 12.1 Å². The van der Waals surface area contributed by atoms with Crippen LogP contribution in [0.25, 0.3) is 10.9 Å². The second kappa shape index (κ2) is 11.5. The highest BCUT2D eigenvalue weighted by Crippen LogP contribution is 2.31. The maximum atomic E-state index is 13.4. The molecular formula is C26H27ClN2O7. The van der Waals surface area contributed by atoms with Crippen LogP contribution >= 0.6 is 11.6 Å². The van der Waals surface area contributed by atoms with Crippen molar-refractivity contribution in [1.82, 2.24) is 9.47 Å². The van der Waals surface area contributed by atoms with Crippen molar-refractivity contribution in [1.29, 1.82) is 0 Å². The summed E-state index contributed by atoms with van der Waals surface area (Å²) >= 11 is 5.97. The van der Waals surface area contributed by atoms with E-state index in [9.17, 15) is 14.4 Å². The molecule has 0 radical (unpaired) electrons. The van der Waals surface area contributed by atoms with Gasteiger partial charge in [-0.3, -0.25) is 14.2 Å². The molecule has 1 saturated heterocycles. The molecule has 9 nitrogen and oxygen atoms in total. The van der Waals surface area contributed by atoms with Crippen LogP contribution in [0.15, 0.2) is 42.5 Å². The maximum Gasteiger partial charge on any atom is 0.410 e. The Morgan fingerprint density at radius 2 is 1.69 bits per heavy atom. The second-order valence-electron chi connectivity index (χ2n) is 8.21. The van der Waals surface area contributed by atoms with Crippen LogP contribution in [0.3, 0.4) is 0 Å². The molecular weight excluding hydrogens is 488 g/mol. The zero-order valence-corrected chi connectivity index (χ0v) is 20.9. The third kappa shape index (κ3) is 5.63. The van der Waals surface area contributed by atoms with Crippen LogP contribution in [0.4, 0.5) is 4.79 Å². The number of ether oxygens (including phenoxy) is 4. The lowest BCUT2D eigenvalue weighted by molar-refractivity contribution is -0.143. The van der Waals surface area contributed by atoms with Gasteiger partial charge in [0.15, 0.2) is 0 Å². The summed E-state index contributed by atoms with van der Waals surface area (Å²) in [6.45, 7) is 3.56. The Kier molecular flexibility index (Phi) is 8.12. The average Bonchev–Trinajstić information content (AvgIpc) is 3.17. The maximum absolute atomic E-state index is 13.4. The monoisotopic (exact) mass is 514 g/mol. The normalized spacial score (nSPS) is 13.5. The van der Waals surface area contributed by atoms with Crippen LogP contribution in [-0.4, -0.2) is 74.1 Å². The van der Waals surface area contributed by atoms with Crippen molar-refractivity contribution < 1.29 is 33.3 Å². The lowest BCUT2D eigenvalue weighted by atomic mass is 10.1. The first-order valence-corrected chi connectivity index (χ1v) is 11.9. The SMILES string of the molecule is COc1ccc2c(c1)c(CC(=O)OCCOC(=O)N1CCOCC1)c(C)n2C(=O)c1ccc(Cl)cc1. The lowest BCUT2D eigenvalue weighted by Crippen LogP contribution is -2.41. The van der Waals surface area contributed by atoms with Crippen LogP contribution in [0.1, 0.15) is 21.6 Å². The van der Waals surface area contributed by atoms with E-state index in [-0.39, 0.29) is 25.5 Å². The number of fused-ring (bicyclic) bond motifs is 1. The predicted octanol–water partition coefficient (Wildman–Crippen LogP) is 3.85. The first kappa shape index (κ1) is 25.5. The van der Waals surface area contributed by atoms with Crippen LogP contribution in [0, 0.1) is 6.92 Å². The number of esters is 1. The van der Waals surface area contributed by atoms with Crippen molar-refractivity contribution in [2.24, 2.45) is 0 Å². The fourth-order valence-corrected chi connectivity index (χ4v) is 4.24. The number of aromatic nitrogens is 1. The van der Waals surface area contributed by atoms with Crippen molar-refractivity contribution in [3.8, 4) is 5.75 Å². The van der Waals surface area contributed by atoms with E-state index in [4.69, 9.17) is 30.5 Å². The molecule has 1 fully saturated rings. The van der Waals surface area contributed by atoms with Gasteiger partial charge in [0.25, 0.3) is 5.91 Å². The molecule has 0 aliphatic carbocycles. The number of rotatable bonds is 7. The van der Waals surface area contributed by atoms with Gasteiger partial charge in [-0.1, -0.05) is 11.6 Å². The molecule has 0 atom stereocenters. The Morgan fingerprint density at radius 3 is 2.39 bits per heavy atom. The van der Waals surface area contributed by atoms with Crippen molar-refractivity contribution in [3.63, 3.8) is 0 Å². The summed E-state index contributed by atoms with van der Waals surface area (Å²) in [5.41, 5.74) is 2.39. The summed E-state index contributed by atoms with van der Waals surface area (Å²) in [7, 11) is 1.55. The number of hydrogen-bond donors (Lipinski definition) is 0. The van der Waals surface area contributed by atoms with Gasteiger partial charge in [-0.15, -0.1) is 0 Å². The number of amides is 1. The van der Waals surface area contributed by atoms with Crippen LogP contribution in [0.5, 0.6) is 5.75 Å². The first-order chi connectivity index (χ1) is 17.4. The number of nitrogens with zero attached hydrogens (tertiary/aromatic N) is 2. The standard InChI is InChI=1S/C26H27ClN2O7/c1-17-21(16-24(30)35-13-14-36-26(32)28-9-11-34-12-10-28)22-15-20(33-2)7-8-23(22)29(17)25(31)18-3-5-19(27)6-4-18/h3-8,15H,9-14,16H2,1-2H3. The van der Waals surface area contributed by atoms with E-state index < -0.39 is 12.1 Å². The number of carbonyl (C=O) groups is 3. The molecule has 2 aromatic carbocycles. The van der Waals surface area contributed by atoms with E-state index in [2.05, 4.69) is 0 Å². The minimum atomic E-state index is -0.499. The quantitative estimate of drug-likeness (QED) is 0.349. The van der Waals surface area contributed by atoms with E-state index >= 15 is 0 Å². The summed E-state index contributed by atoms with van der Waals surface area (Å²) in [6.07, 6.45) is -0.519. The number of carbonyl (C=O) groups excluding carboxylic acids is 3. The molecule has 2 heterocycles. The van der Waals surface area contributed by atoms with Crippen LogP contribution < -0.4 is 4.74 Å². The Labute approximate surface area is 213 Å². The van der Waals surface area contributed by atoms with E-state index in [0.717, 1.165) is 0 Å². The first-order valence-electron chi connectivity index (χ1n) is 11.5. The number of methoxy groups -OCH3 is 1. The van der Waals surface area contributed by atoms with Gasteiger partial charge in [-0.2, -0.15) is 0 Å². The summed E-state index contributed by atoms with van der Waals surface area (Å²) in [5, 5.41) is 1.24. The van der Waals surface area contributed by atoms with Crippen molar-refractivity contribution in [2.45, 2.75) is 13.3 Å². The van der Waals surface area contributed by atoms with Gasteiger partial charge in [-0.05, 0) is 55.0 Å². The molecule has 0 bridgehead atoms. The fraction of sp³-hybridized carbons (Fsp3) is 0.346. The topological polar surface area (TPSA) is 96.3 Å². The molecule has 1 amide bonds. The number of benzene rings is 2. The van der Waals surface area contributed by atoms with Crippen molar-refractivity contribution >= 4 is 40.5 Å². The molecule has 190 valence electrons. The van der Waals surface area contributed by atoms with E-state index in [1.165, 1.54) is 0 Å². The Morgan fingerprint density at radius 1 is 1.00 bits per heavy atom. The number of halogens is 1. The van der Waals surface area contributed by atoms with Crippen LogP contribution in [0.2, 0.25) is 5.02 Å². The zero-order chi connectivity index (χ0) is 25.7. The Bertz CT molecular complexity index is 1260. The van der Waals surface area contributed by atoms with Crippen LogP contribution in [-0.2, 0) is 25.4 Å². The van der Waals surface area contributed by atoms with Gasteiger partial charge in [0.05, 0.1) is 32.3 Å². The molecule has 1 aliphatic heterocycles. The van der Waals surface area contributed by atoms with E-state index in [1.807, 2.05) is 0 Å². The third-order valence-corrected chi connectivity index (χ3v) is 6.25. The summed E-state index contributed by atoms with van der Waals surface area (Å²) in [4.78, 5) is 39.6. The highest BCUT2D eigenvalue weighted by atomic mass is 35.5. The average molecular weight is 515 g/mol. The van der Waals surface area contributed by atoms with E-state index in [0.29, 0.717) is 64.8 Å². The molecule has 0 unspecified atom stereocenters. The molecule has 3 aromatic rings. The number of hydrogen-bond acceptors (Lipinski definition) is 7. The molecule has 1 aromatic heterocycles. The lowest BCUT2D eigenvalue weighted by Gasteiger charge is -2.25. The molecule has 0 saturated carbocycles. The smallest absolute Gasteiger partial charge is 0.410 e. The summed E-state index contributed by atoms with van der Waals surface area (Å²) < 4.78 is 22.6. The van der Waals surface area contributed by atoms with Gasteiger partial charge in [0.2, 0.25) is 0 Å². The van der Waals surface area contributed by atoms with E-state index in [1.54, 1.807) is 66.0 Å². The molecule has 36 heavy (non-hydrogen) atoms. The zero-order valence-electron chi connectivity index (χ0n) is 20.1. The number of morpholine rings is 1. The minimum absolute atomic E-state index is 0.0501. The molecule has 4 rings (SSSR count). The van der Waals surface area contributed by atoms with Gasteiger partial charge < -0.3 is 23.8 Å². The third-order valence-electron chi connectivity index (χ3n) is 6.00.